The zero-order chi connectivity index (χ0) is 16.9. The van der Waals surface area contributed by atoms with Crippen molar-refractivity contribution in [2.45, 2.75) is 32.7 Å². The zero-order valence-electron chi connectivity index (χ0n) is 14.1. The van der Waals surface area contributed by atoms with Crippen LogP contribution in [0.15, 0.2) is 42.5 Å². The van der Waals surface area contributed by atoms with Crippen LogP contribution in [0.5, 0.6) is 5.75 Å². The van der Waals surface area contributed by atoms with E-state index < -0.39 is 0 Å². The van der Waals surface area contributed by atoms with Gasteiger partial charge in [-0.25, -0.2) is 0 Å². The number of hydrogen-bond acceptors (Lipinski definition) is 3. The summed E-state index contributed by atoms with van der Waals surface area (Å²) in [7, 11) is 0. The van der Waals surface area contributed by atoms with Gasteiger partial charge in [0.2, 0.25) is 0 Å². The topological polar surface area (TPSA) is 55.6 Å². The molecule has 24 heavy (non-hydrogen) atoms. The molecule has 1 aliphatic heterocycles. The summed E-state index contributed by atoms with van der Waals surface area (Å²) < 4.78 is 5.65. The molecule has 0 radical (unpaired) electrons. The molecule has 0 aliphatic carbocycles. The minimum atomic E-state index is 0.0145. The first kappa shape index (κ1) is 16.4. The predicted octanol–water partition coefficient (Wildman–Crippen LogP) is 3.19. The van der Waals surface area contributed by atoms with E-state index in [1.807, 2.05) is 29.2 Å². The zero-order valence-corrected chi connectivity index (χ0v) is 14.1. The Labute approximate surface area is 143 Å². The molecule has 0 bridgehead atoms. The van der Waals surface area contributed by atoms with E-state index in [-0.39, 0.29) is 12.5 Å². The highest BCUT2D eigenvalue weighted by atomic mass is 16.5. The van der Waals surface area contributed by atoms with Crippen molar-refractivity contribution in [2.24, 2.45) is 0 Å². The number of amides is 1. The molecule has 0 atom stereocenters. The number of carbonyl (C=O) groups is 1. The summed E-state index contributed by atoms with van der Waals surface area (Å²) in [6.07, 6.45) is 3.06. The minimum absolute atomic E-state index is 0.0145. The molecule has 0 unspecified atom stereocenters. The molecule has 1 aliphatic rings. The van der Waals surface area contributed by atoms with Gasteiger partial charge >= 0.3 is 0 Å². The van der Waals surface area contributed by atoms with Crippen LogP contribution in [-0.4, -0.2) is 24.0 Å². The lowest BCUT2D eigenvalue weighted by molar-refractivity contribution is -0.134. The molecule has 0 fully saturated rings. The molecule has 0 saturated carbocycles. The third kappa shape index (κ3) is 3.88. The van der Waals surface area contributed by atoms with E-state index >= 15 is 0 Å². The molecule has 4 nitrogen and oxygen atoms in total. The Morgan fingerprint density at radius 1 is 1.17 bits per heavy atom. The van der Waals surface area contributed by atoms with E-state index in [9.17, 15) is 4.79 Å². The Balaban J connectivity index is 1.55. The summed E-state index contributed by atoms with van der Waals surface area (Å²) in [6, 6.07) is 13.9. The molecular weight excluding hydrogens is 300 g/mol. The fraction of sp³-hybridized carbons (Fsp3) is 0.350. The maximum atomic E-state index is 12.4. The molecule has 1 amide bonds. The number of nitrogen functional groups attached to an aromatic ring is 1. The Morgan fingerprint density at radius 3 is 2.71 bits per heavy atom. The molecular formula is C20H24N2O2. The van der Waals surface area contributed by atoms with Gasteiger partial charge in [-0.2, -0.15) is 0 Å². The average Bonchev–Trinajstić information content (AvgIpc) is 2.60. The maximum absolute atomic E-state index is 12.4. The second kappa shape index (κ2) is 7.39. The summed E-state index contributed by atoms with van der Waals surface area (Å²) in [5.41, 5.74) is 10.3. The monoisotopic (exact) mass is 324 g/mol. The Morgan fingerprint density at radius 2 is 1.96 bits per heavy atom. The quantitative estimate of drug-likeness (QED) is 0.859. The SMILES string of the molecule is CCCc1ccc(OCC(=O)N2CCc3ccc(N)cc3C2)cc1. The molecule has 0 aromatic heterocycles. The first-order valence-corrected chi connectivity index (χ1v) is 8.52. The van der Waals surface area contributed by atoms with Crippen molar-refractivity contribution in [3.8, 4) is 5.75 Å². The molecule has 2 N–H and O–H groups in total. The van der Waals surface area contributed by atoms with Gasteiger partial charge in [-0.05, 0) is 53.8 Å². The number of anilines is 1. The van der Waals surface area contributed by atoms with Gasteiger partial charge in [0.1, 0.15) is 5.75 Å². The number of benzene rings is 2. The van der Waals surface area contributed by atoms with Crippen LogP contribution in [0.1, 0.15) is 30.0 Å². The number of rotatable bonds is 5. The van der Waals surface area contributed by atoms with Crippen LogP contribution in [0.4, 0.5) is 5.69 Å². The van der Waals surface area contributed by atoms with Gasteiger partial charge in [0.15, 0.2) is 6.61 Å². The second-order valence-corrected chi connectivity index (χ2v) is 6.28. The normalized spacial score (nSPS) is 13.5. The highest BCUT2D eigenvalue weighted by Gasteiger charge is 2.21. The predicted molar refractivity (Wildman–Crippen MR) is 95.9 cm³/mol. The lowest BCUT2D eigenvalue weighted by Gasteiger charge is -2.29. The van der Waals surface area contributed by atoms with Crippen LogP contribution in [0.2, 0.25) is 0 Å². The summed E-state index contributed by atoms with van der Waals surface area (Å²) in [5, 5.41) is 0. The number of carbonyl (C=O) groups excluding carboxylic acids is 1. The van der Waals surface area contributed by atoms with Crippen LogP contribution in [0, 0.1) is 0 Å². The number of hydrogen-bond donors (Lipinski definition) is 1. The van der Waals surface area contributed by atoms with Crippen molar-refractivity contribution in [3.63, 3.8) is 0 Å². The van der Waals surface area contributed by atoms with Crippen LogP contribution in [-0.2, 0) is 24.2 Å². The van der Waals surface area contributed by atoms with Crippen molar-refractivity contribution in [1.82, 2.24) is 4.90 Å². The summed E-state index contributed by atoms with van der Waals surface area (Å²) in [6.45, 7) is 3.57. The standard InChI is InChI=1S/C20H24N2O2/c1-2-3-15-4-8-19(9-5-15)24-14-20(23)22-11-10-16-6-7-18(21)12-17(16)13-22/h4-9,12H,2-3,10-11,13-14,21H2,1H3. The molecule has 0 spiro atoms. The Hall–Kier alpha value is -2.49. The molecule has 1 heterocycles. The molecule has 0 saturated heterocycles. The van der Waals surface area contributed by atoms with E-state index in [1.54, 1.807) is 0 Å². The largest absolute Gasteiger partial charge is 0.484 e. The first-order chi connectivity index (χ1) is 11.7. The summed E-state index contributed by atoms with van der Waals surface area (Å²) in [5.74, 6) is 0.755. The van der Waals surface area contributed by atoms with E-state index in [4.69, 9.17) is 10.5 Å². The maximum Gasteiger partial charge on any atom is 0.260 e. The third-order valence-corrected chi connectivity index (χ3v) is 4.42. The van der Waals surface area contributed by atoms with Gasteiger partial charge in [-0.15, -0.1) is 0 Å². The van der Waals surface area contributed by atoms with Gasteiger partial charge in [0, 0.05) is 18.8 Å². The highest BCUT2D eigenvalue weighted by molar-refractivity contribution is 5.78. The van der Waals surface area contributed by atoms with Crippen molar-refractivity contribution >= 4 is 11.6 Å². The average molecular weight is 324 g/mol. The second-order valence-electron chi connectivity index (χ2n) is 6.28. The van der Waals surface area contributed by atoms with Crippen LogP contribution in [0.3, 0.4) is 0 Å². The van der Waals surface area contributed by atoms with E-state index in [0.29, 0.717) is 6.54 Å². The van der Waals surface area contributed by atoms with Gasteiger partial charge in [0.25, 0.3) is 5.91 Å². The fourth-order valence-corrected chi connectivity index (χ4v) is 3.07. The van der Waals surface area contributed by atoms with Gasteiger partial charge in [-0.1, -0.05) is 31.5 Å². The third-order valence-electron chi connectivity index (χ3n) is 4.42. The molecule has 2 aromatic rings. The number of nitrogens with zero attached hydrogens (tertiary/aromatic N) is 1. The number of nitrogens with two attached hydrogens (primary N) is 1. The van der Waals surface area contributed by atoms with Crippen molar-refractivity contribution in [3.05, 3.63) is 59.2 Å². The van der Waals surface area contributed by atoms with Crippen LogP contribution >= 0.6 is 0 Å². The number of aryl methyl sites for hydroxylation is 1. The first-order valence-electron chi connectivity index (χ1n) is 8.52. The summed E-state index contributed by atoms with van der Waals surface area (Å²) in [4.78, 5) is 14.2. The molecule has 3 rings (SSSR count). The summed E-state index contributed by atoms with van der Waals surface area (Å²) >= 11 is 0. The molecule has 4 heteroatoms. The Bertz CT molecular complexity index is 710. The molecule has 2 aromatic carbocycles. The highest BCUT2D eigenvalue weighted by Crippen LogP contribution is 2.21. The number of ether oxygens (including phenoxy) is 1. The van der Waals surface area contributed by atoms with E-state index in [2.05, 4.69) is 25.1 Å². The fourth-order valence-electron chi connectivity index (χ4n) is 3.07. The Kier molecular flexibility index (Phi) is 5.04. The van der Waals surface area contributed by atoms with Crippen LogP contribution < -0.4 is 10.5 Å². The van der Waals surface area contributed by atoms with E-state index in [1.165, 1.54) is 11.1 Å². The van der Waals surface area contributed by atoms with Gasteiger partial charge in [-0.3, -0.25) is 4.79 Å². The number of fused-ring (bicyclic) bond motifs is 1. The van der Waals surface area contributed by atoms with Crippen LogP contribution in [0.25, 0.3) is 0 Å². The smallest absolute Gasteiger partial charge is 0.260 e. The lowest BCUT2D eigenvalue weighted by Crippen LogP contribution is -2.38. The lowest BCUT2D eigenvalue weighted by atomic mass is 9.99. The van der Waals surface area contributed by atoms with E-state index in [0.717, 1.165) is 42.8 Å². The van der Waals surface area contributed by atoms with Crippen molar-refractivity contribution < 1.29 is 9.53 Å². The van der Waals surface area contributed by atoms with Crippen molar-refractivity contribution in [2.75, 3.05) is 18.9 Å². The minimum Gasteiger partial charge on any atom is -0.484 e. The molecule has 126 valence electrons. The van der Waals surface area contributed by atoms with Gasteiger partial charge < -0.3 is 15.4 Å². The van der Waals surface area contributed by atoms with Crippen molar-refractivity contribution in [1.29, 1.82) is 0 Å². The van der Waals surface area contributed by atoms with Gasteiger partial charge in [0.05, 0.1) is 0 Å².